The van der Waals surface area contributed by atoms with Gasteiger partial charge < -0.3 is 14.4 Å². The van der Waals surface area contributed by atoms with Crippen LogP contribution in [-0.2, 0) is 9.47 Å². The number of aromatic nitrogens is 1. The summed E-state index contributed by atoms with van der Waals surface area (Å²) in [5.74, 6) is 0.229. The number of likely N-dealkylation sites (tertiary alicyclic amines) is 1. The molecule has 6 heteroatoms. The molecule has 25 heavy (non-hydrogen) atoms. The van der Waals surface area contributed by atoms with Crippen LogP contribution < -0.4 is 4.90 Å². The molecule has 1 aromatic rings. The average molecular weight is 349 g/mol. The van der Waals surface area contributed by atoms with E-state index in [1.165, 1.54) is 12.5 Å². The molecule has 1 atom stereocenters. The molecule has 0 bridgehead atoms. The Kier molecular flexibility index (Phi) is 5.20. The van der Waals surface area contributed by atoms with Gasteiger partial charge in [-0.25, -0.2) is 9.37 Å². The van der Waals surface area contributed by atoms with E-state index in [-0.39, 0.29) is 11.2 Å². The van der Waals surface area contributed by atoms with Gasteiger partial charge in [-0.2, -0.15) is 0 Å². The summed E-state index contributed by atoms with van der Waals surface area (Å²) < 4.78 is 25.8. The van der Waals surface area contributed by atoms with Crippen molar-refractivity contribution in [2.45, 2.75) is 31.7 Å². The van der Waals surface area contributed by atoms with Crippen LogP contribution in [0.4, 0.5) is 10.2 Å². The lowest BCUT2D eigenvalue weighted by molar-refractivity contribution is -0.0283. The molecule has 3 fully saturated rings. The first-order chi connectivity index (χ1) is 12.3. The minimum Gasteiger partial charge on any atom is -0.381 e. The number of anilines is 1. The fourth-order valence-electron chi connectivity index (χ4n) is 4.64. The van der Waals surface area contributed by atoms with Gasteiger partial charge in [0.05, 0.1) is 13.2 Å². The number of hydrogen-bond donors (Lipinski definition) is 0. The van der Waals surface area contributed by atoms with E-state index in [2.05, 4.69) is 14.8 Å². The van der Waals surface area contributed by atoms with Crippen LogP contribution in [0, 0.1) is 11.2 Å². The van der Waals surface area contributed by atoms with Gasteiger partial charge >= 0.3 is 0 Å². The fraction of sp³-hybridized carbons (Fsp3) is 0.737. The molecule has 0 saturated carbocycles. The van der Waals surface area contributed by atoms with E-state index in [0.717, 1.165) is 58.7 Å². The molecule has 138 valence electrons. The van der Waals surface area contributed by atoms with Crippen LogP contribution in [0.5, 0.6) is 0 Å². The van der Waals surface area contributed by atoms with Crippen LogP contribution in [0.2, 0.25) is 0 Å². The molecule has 5 nitrogen and oxygen atoms in total. The van der Waals surface area contributed by atoms with E-state index in [1.54, 1.807) is 12.3 Å². The largest absolute Gasteiger partial charge is 0.381 e. The lowest BCUT2D eigenvalue weighted by Crippen LogP contribution is -2.54. The Morgan fingerprint density at radius 1 is 1.12 bits per heavy atom. The molecule has 1 aromatic heterocycles. The molecule has 0 N–H and O–H groups in total. The molecule has 0 aromatic carbocycles. The van der Waals surface area contributed by atoms with Crippen molar-refractivity contribution in [2.24, 2.45) is 5.41 Å². The van der Waals surface area contributed by atoms with Crippen LogP contribution >= 0.6 is 0 Å². The third-order valence-electron chi connectivity index (χ3n) is 5.88. The molecule has 0 radical (unpaired) electrons. The molecule has 4 heterocycles. The smallest absolute Gasteiger partial charge is 0.165 e. The summed E-state index contributed by atoms with van der Waals surface area (Å²) in [6, 6.07) is 3.76. The minimum absolute atomic E-state index is 0.0665. The molecule has 3 saturated heterocycles. The first-order valence-corrected chi connectivity index (χ1v) is 9.51. The van der Waals surface area contributed by atoms with Crippen LogP contribution in [0.1, 0.15) is 25.7 Å². The summed E-state index contributed by atoms with van der Waals surface area (Å²) in [5.41, 5.74) is 0.0665. The predicted octanol–water partition coefficient (Wildman–Crippen LogP) is 2.32. The first-order valence-electron chi connectivity index (χ1n) is 9.51. The Labute approximate surface area is 149 Å². The van der Waals surface area contributed by atoms with E-state index in [4.69, 9.17) is 9.47 Å². The van der Waals surface area contributed by atoms with E-state index < -0.39 is 0 Å². The molecular formula is C19H28FN3O2. The van der Waals surface area contributed by atoms with E-state index in [9.17, 15) is 4.39 Å². The highest BCUT2D eigenvalue weighted by atomic mass is 19.1. The van der Waals surface area contributed by atoms with Crippen LogP contribution in [0.3, 0.4) is 0 Å². The first kappa shape index (κ1) is 17.2. The monoisotopic (exact) mass is 349 g/mol. The maximum absolute atomic E-state index is 14.3. The molecule has 0 unspecified atom stereocenters. The highest BCUT2D eigenvalue weighted by Crippen LogP contribution is 2.36. The standard InChI is InChI=1S/C19H28FN3O2/c20-17-3-1-7-21-18(17)23-9-12-25-15-19(14-23)6-2-8-22(13-19)16-4-10-24-11-5-16/h1,3,7,16H,2,4-6,8-15H2/t19-/m0/s1. The lowest BCUT2D eigenvalue weighted by atomic mass is 9.79. The highest BCUT2D eigenvalue weighted by molar-refractivity contribution is 5.40. The summed E-state index contributed by atoms with van der Waals surface area (Å²) in [5, 5.41) is 0. The molecular weight excluding hydrogens is 321 g/mol. The van der Waals surface area contributed by atoms with Crippen molar-refractivity contribution < 1.29 is 13.9 Å². The fourth-order valence-corrected chi connectivity index (χ4v) is 4.64. The maximum Gasteiger partial charge on any atom is 0.165 e. The molecule has 3 aliphatic rings. The lowest BCUT2D eigenvalue weighted by Gasteiger charge is -2.47. The Bertz CT molecular complexity index is 582. The molecule has 3 aliphatic heterocycles. The number of rotatable bonds is 2. The van der Waals surface area contributed by atoms with Crippen molar-refractivity contribution in [3.05, 3.63) is 24.1 Å². The van der Waals surface area contributed by atoms with E-state index in [1.807, 2.05) is 0 Å². The van der Waals surface area contributed by atoms with Gasteiger partial charge in [-0.1, -0.05) is 0 Å². The SMILES string of the molecule is Fc1cccnc1N1CCOC[C@]2(CCCN(C3CCOCC3)C2)C1. The topological polar surface area (TPSA) is 37.8 Å². The zero-order chi connectivity index (χ0) is 17.1. The third-order valence-corrected chi connectivity index (χ3v) is 5.88. The Morgan fingerprint density at radius 3 is 2.84 bits per heavy atom. The van der Waals surface area contributed by atoms with Crippen LogP contribution in [0.15, 0.2) is 18.3 Å². The van der Waals surface area contributed by atoms with Gasteiger partial charge in [0.25, 0.3) is 0 Å². The summed E-state index contributed by atoms with van der Waals surface area (Å²) in [4.78, 5) is 9.02. The molecule has 0 amide bonds. The second kappa shape index (κ2) is 7.56. The van der Waals surface area contributed by atoms with Crippen molar-refractivity contribution in [1.29, 1.82) is 0 Å². The van der Waals surface area contributed by atoms with Gasteiger partial charge in [0.15, 0.2) is 11.6 Å². The number of hydrogen-bond acceptors (Lipinski definition) is 5. The molecule has 0 aliphatic carbocycles. The quantitative estimate of drug-likeness (QED) is 0.819. The second-order valence-electron chi connectivity index (χ2n) is 7.70. The van der Waals surface area contributed by atoms with Gasteiger partial charge in [0, 0.05) is 50.5 Å². The normalized spacial score (nSPS) is 29.7. The number of ether oxygens (including phenoxy) is 2. The summed E-state index contributed by atoms with van der Waals surface area (Å²) in [6.07, 6.45) is 6.23. The zero-order valence-electron chi connectivity index (χ0n) is 14.8. The summed E-state index contributed by atoms with van der Waals surface area (Å²) >= 11 is 0. The van der Waals surface area contributed by atoms with Crippen molar-refractivity contribution in [1.82, 2.24) is 9.88 Å². The second-order valence-corrected chi connectivity index (χ2v) is 7.70. The van der Waals surface area contributed by atoms with Crippen LogP contribution in [0.25, 0.3) is 0 Å². The summed E-state index contributed by atoms with van der Waals surface area (Å²) in [6.45, 7) is 6.85. The van der Waals surface area contributed by atoms with Crippen molar-refractivity contribution in [3.8, 4) is 0 Å². The predicted molar refractivity (Wildman–Crippen MR) is 94.3 cm³/mol. The van der Waals surface area contributed by atoms with Crippen molar-refractivity contribution in [2.75, 3.05) is 57.5 Å². The van der Waals surface area contributed by atoms with Gasteiger partial charge in [-0.3, -0.25) is 4.90 Å². The van der Waals surface area contributed by atoms with Crippen LogP contribution in [-0.4, -0.2) is 68.5 Å². The summed E-state index contributed by atoms with van der Waals surface area (Å²) in [7, 11) is 0. The molecule has 1 spiro atoms. The Balaban J connectivity index is 1.51. The van der Waals surface area contributed by atoms with Crippen molar-refractivity contribution in [3.63, 3.8) is 0 Å². The van der Waals surface area contributed by atoms with E-state index in [0.29, 0.717) is 25.0 Å². The van der Waals surface area contributed by atoms with E-state index >= 15 is 0 Å². The number of piperidine rings is 1. The zero-order valence-corrected chi connectivity index (χ0v) is 14.8. The van der Waals surface area contributed by atoms with Gasteiger partial charge in [0.2, 0.25) is 0 Å². The molecule has 4 rings (SSSR count). The van der Waals surface area contributed by atoms with Gasteiger partial charge in [0.1, 0.15) is 0 Å². The number of halogens is 1. The van der Waals surface area contributed by atoms with Crippen molar-refractivity contribution >= 4 is 5.82 Å². The average Bonchev–Trinajstić information content (AvgIpc) is 2.85. The van der Waals surface area contributed by atoms with Gasteiger partial charge in [-0.05, 0) is 44.4 Å². The third kappa shape index (κ3) is 3.81. The highest BCUT2D eigenvalue weighted by Gasteiger charge is 2.41. The Morgan fingerprint density at radius 2 is 2.00 bits per heavy atom. The van der Waals surface area contributed by atoms with Gasteiger partial charge in [-0.15, -0.1) is 0 Å². The maximum atomic E-state index is 14.3. The Hall–Kier alpha value is -1.24. The minimum atomic E-state index is -0.239. The number of nitrogens with zero attached hydrogens (tertiary/aromatic N) is 3. The number of pyridine rings is 1.